The van der Waals surface area contributed by atoms with Gasteiger partial charge in [0.2, 0.25) is 0 Å². The van der Waals surface area contributed by atoms with E-state index in [1.165, 1.54) is 33.4 Å². The number of hydrogen-bond acceptors (Lipinski definition) is 0. The molecule has 0 atom stereocenters. The van der Waals surface area contributed by atoms with Crippen LogP contribution in [-0.4, -0.2) is 0 Å². The first-order chi connectivity index (χ1) is 11.1. The van der Waals surface area contributed by atoms with E-state index in [1.807, 2.05) is 0 Å². The molecule has 0 nitrogen and oxygen atoms in total. The van der Waals surface area contributed by atoms with Gasteiger partial charge in [0, 0.05) is 10.8 Å². The normalized spacial score (nSPS) is 17.4. The maximum Gasteiger partial charge on any atom is 0.00789 e. The van der Waals surface area contributed by atoms with Crippen LogP contribution in [0.15, 0.2) is 55.1 Å². The van der Waals surface area contributed by atoms with Gasteiger partial charge in [-0.2, -0.15) is 0 Å². The van der Waals surface area contributed by atoms with E-state index in [2.05, 4.69) is 96.7 Å². The Morgan fingerprint density at radius 1 is 0.792 bits per heavy atom. The summed E-state index contributed by atoms with van der Waals surface area (Å²) in [6, 6.07) is 13.4. The molecule has 0 saturated carbocycles. The first-order valence-corrected chi connectivity index (χ1v) is 8.74. The lowest BCUT2D eigenvalue weighted by molar-refractivity contribution is 0.562. The summed E-state index contributed by atoms with van der Waals surface area (Å²) in [5, 5.41) is 0. The summed E-state index contributed by atoms with van der Waals surface area (Å²) in [5.41, 5.74) is 9.15. The fraction of sp³-hybridized carbons (Fsp3) is 0.333. The number of hydrogen-bond donors (Lipinski definition) is 0. The number of fused-ring (bicyclic) bond motifs is 1. The second-order valence-corrected chi connectivity index (χ2v) is 8.33. The van der Waals surface area contributed by atoms with Gasteiger partial charge in [0.1, 0.15) is 0 Å². The lowest BCUT2D eigenvalue weighted by Crippen LogP contribution is -2.29. The van der Waals surface area contributed by atoms with Gasteiger partial charge in [-0.15, -0.1) is 0 Å². The third kappa shape index (κ3) is 2.75. The number of benzene rings is 2. The van der Waals surface area contributed by atoms with E-state index in [9.17, 15) is 0 Å². The average molecular weight is 316 g/mol. The molecule has 0 N–H and O–H groups in total. The SMILES string of the molecule is C=C(c1ccc(C)cc1)c1cc2c(cc1C)C(C)(C)C=CC2(C)C. The zero-order valence-electron chi connectivity index (χ0n) is 15.8. The molecule has 2 aromatic carbocycles. The van der Waals surface area contributed by atoms with E-state index in [0.717, 1.165) is 5.57 Å². The van der Waals surface area contributed by atoms with E-state index >= 15 is 0 Å². The average Bonchev–Trinajstić information content (AvgIpc) is 2.52. The second kappa shape index (κ2) is 5.48. The molecule has 0 heterocycles. The molecule has 0 aromatic heterocycles. The van der Waals surface area contributed by atoms with Crippen LogP contribution in [0.3, 0.4) is 0 Å². The summed E-state index contributed by atoms with van der Waals surface area (Å²) in [7, 11) is 0. The number of allylic oxidation sites excluding steroid dienone is 2. The Hall–Kier alpha value is -2.08. The van der Waals surface area contributed by atoms with Crippen molar-refractivity contribution in [3.63, 3.8) is 0 Å². The molecule has 24 heavy (non-hydrogen) atoms. The number of aryl methyl sites for hydroxylation is 2. The third-order valence-electron chi connectivity index (χ3n) is 5.39. The summed E-state index contributed by atoms with van der Waals surface area (Å²) in [6.07, 6.45) is 4.70. The van der Waals surface area contributed by atoms with Crippen LogP contribution in [0.1, 0.15) is 61.1 Å². The molecule has 0 spiro atoms. The van der Waals surface area contributed by atoms with Crippen molar-refractivity contribution in [2.45, 2.75) is 52.4 Å². The molecule has 0 heteroatoms. The molecule has 0 radical (unpaired) electrons. The summed E-state index contributed by atoms with van der Waals surface area (Å²) in [4.78, 5) is 0. The highest BCUT2D eigenvalue weighted by molar-refractivity contribution is 5.81. The van der Waals surface area contributed by atoms with Crippen LogP contribution in [0, 0.1) is 13.8 Å². The molecule has 0 fully saturated rings. The predicted octanol–water partition coefficient (Wildman–Crippen LogP) is 6.49. The summed E-state index contributed by atoms with van der Waals surface area (Å²) >= 11 is 0. The summed E-state index contributed by atoms with van der Waals surface area (Å²) in [5.74, 6) is 0. The molecule has 0 aliphatic heterocycles. The van der Waals surface area contributed by atoms with E-state index in [1.54, 1.807) is 0 Å². The zero-order chi connectivity index (χ0) is 17.7. The van der Waals surface area contributed by atoms with Gasteiger partial charge in [0.25, 0.3) is 0 Å². The molecule has 1 aliphatic rings. The monoisotopic (exact) mass is 316 g/mol. The second-order valence-electron chi connectivity index (χ2n) is 8.33. The highest BCUT2D eigenvalue weighted by Crippen LogP contribution is 2.43. The first kappa shape index (κ1) is 16.8. The Kier molecular flexibility index (Phi) is 3.83. The number of rotatable bonds is 2. The molecule has 0 amide bonds. The molecular weight excluding hydrogens is 288 g/mol. The third-order valence-corrected chi connectivity index (χ3v) is 5.39. The quantitative estimate of drug-likeness (QED) is 0.555. The van der Waals surface area contributed by atoms with E-state index in [4.69, 9.17) is 0 Å². The Balaban J connectivity index is 2.15. The highest BCUT2D eigenvalue weighted by atomic mass is 14.4. The molecule has 2 aromatic rings. The van der Waals surface area contributed by atoms with E-state index in [-0.39, 0.29) is 10.8 Å². The van der Waals surface area contributed by atoms with Gasteiger partial charge in [-0.3, -0.25) is 0 Å². The summed E-state index contributed by atoms with van der Waals surface area (Å²) in [6.45, 7) is 17.9. The molecule has 3 rings (SSSR count). The van der Waals surface area contributed by atoms with Crippen LogP contribution in [0.25, 0.3) is 5.57 Å². The molecule has 0 unspecified atom stereocenters. The topological polar surface area (TPSA) is 0 Å². The maximum absolute atomic E-state index is 4.40. The van der Waals surface area contributed by atoms with Crippen molar-refractivity contribution in [3.8, 4) is 0 Å². The van der Waals surface area contributed by atoms with Crippen molar-refractivity contribution < 1.29 is 0 Å². The van der Waals surface area contributed by atoms with E-state index < -0.39 is 0 Å². The van der Waals surface area contributed by atoms with Crippen molar-refractivity contribution in [1.29, 1.82) is 0 Å². The molecule has 1 aliphatic carbocycles. The molecule has 0 saturated heterocycles. The van der Waals surface area contributed by atoms with Gasteiger partial charge < -0.3 is 0 Å². The van der Waals surface area contributed by atoms with Crippen molar-refractivity contribution in [1.82, 2.24) is 0 Å². The molecule has 0 bridgehead atoms. The van der Waals surface area contributed by atoms with Gasteiger partial charge in [0.05, 0.1) is 0 Å². The Bertz CT molecular complexity index is 827. The smallest absolute Gasteiger partial charge is 0.00789 e. The van der Waals surface area contributed by atoms with Crippen LogP contribution in [0.4, 0.5) is 0 Å². The van der Waals surface area contributed by atoms with Gasteiger partial charge in [-0.1, -0.05) is 82.3 Å². The highest BCUT2D eigenvalue weighted by Gasteiger charge is 2.33. The lowest BCUT2D eigenvalue weighted by Gasteiger charge is -2.37. The zero-order valence-corrected chi connectivity index (χ0v) is 15.8. The Morgan fingerprint density at radius 2 is 1.29 bits per heavy atom. The Labute approximate surface area is 146 Å². The minimum Gasteiger partial charge on any atom is -0.0905 e. The predicted molar refractivity (Wildman–Crippen MR) is 106 cm³/mol. The largest absolute Gasteiger partial charge is 0.0905 e. The van der Waals surface area contributed by atoms with E-state index in [0.29, 0.717) is 0 Å². The van der Waals surface area contributed by atoms with Crippen LogP contribution in [0.5, 0.6) is 0 Å². The molecular formula is C24H28. The summed E-state index contributed by atoms with van der Waals surface area (Å²) < 4.78 is 0. The van der Waals surface area contributed by atoms with Crippen LogP contribution in [0.2, 0.25) is 0 Å². The fourth-order valence-electron chi connectivity index (χ4n) is 3.61. The van der Waals surface area contributed by atoms with Crippen LogP contribution < -0.4 is 0 Å². The maximum atomic E-state index is 4.40. The van der Waals surface area contributed by atoms with Crippen LogP contribution in [-0.2, 0) is 10.8 Å². The van der Waals surface area contributed by atoms with Gasteiger partial charge in [0.15, 0.2) is 0 Å². The van der Waals surface area contributed by atoms with Crippen LogP contribution >= 0.6 is 0 Å². The van der Waals surface area contributed by atoms with Gasteiger partial charge >= 0.3 is 0 Å². The first-order valence-electron chi connectivity index (χ1n) is 8.74. The standard InChI is InChI=1S/C24H28/c1-16-8-10-19(11-9-16)18(3)20-15-22-21(14-17(20)2)23(4,5)12-13-24(22,6)7/h8-15H,3H2,1-2,4-7H3. The minimum absolute atomic E-state index is 0.0564. The fourth-order valence-corrected chi connectivity index (χ4v) is 3.61. The minimum atomic E-state index is 0.0564. The van der Waals surface area contributed by atoms with Crippen molar-refractivity contribution >= 4 is 5.57 Å². The Morgan fingerprint density at radius 3 is 1.83 bits per heavy atom. The molecule has 124 valence electrons. The van der Waals surface area contributed by atoms with Crippen molar-refractivity contribution in [3.05, 3.63) is 88.5 Å². The van der Waals surface area contributed by atoms with Crippen molar-refractivity contribution in [2.75, 3.05) is 0 Å². The van der Waals surface area contributed by atoms with Crippen molar-refractivity contribution in [2.24, 2.45) is 0 Å². The lowest BCUT2D eigenvalue weighted by atomic mass is 9.67. The van der Waals surface area contributed by atoms with Gasteiger partial charge in [-0.25, -0.2) is 0 Å². The van der Waals surface area contributed by atoms with Gasteiger partial charge in [-0.05, 0) is 53.3 Å².